The van der Waals surface area contributed by atoms with Crippen LogP contribution in [-0.4, -0.2) is 28.4 Å². The lowest BCUT2D eigenvalue weighted by Crippen LogP contribution is -2.26. The predicted octanol–water partition coefficient (Wildman–Crippen LogP) is -0.491. The average Bonchev–Trinajstić information content (AvgIpc) is 1.87. The molecule has 0 aliphatic carbocycles. The van der Waals surface area contributed by atoms with Crippen molar-refractivity contribution in [3.05, 3.63) is 12.2 Å². The van der Waals surface area contributed by atoms with Gasteiger partial charge in [0.25, 0.3) is 6.29 Å². The smallest absolute Gasteiger partial charge is 0.373 e. The van der Waals surface area contributed by atoms with Crippen LogP contribution < -0.4 is 0 Å². The molecule has 5 heteroatoms. The van der Waals surface area contributed by atoms with Crippen molar-refractivity contribution in [1.82, 2.24) is 0 Å². The van der Waals surface area contributed by atoms with Crippen LogP contribution in [0.5, 0.6) is 0 Å². The Morgan fingerprint density at radius 3 is 2.27 bits per heavy atom. The van der Waals surface area contributed by atoms with E-state index >= 15 is 0 Å². The van der Waals surface area contributed by atoms with Crippen LogP contribution >= 0.6 is 0 Å². The van der Waals surface area contributed by atoms with E-state index in [9.17, 15) is 9.59 Å². The summed E-state index contributed by atoms with van der Waals surface area (Å²) in [6.07, 6.45) is -2.11. The fourth-order valence-corrected chi connectivity index (χ4v) is 0.252. The summed E-state index contributed by atoms with van der Waals surface area (Å²) in [5.74, 6) is -2.54. The van der Waals surface area contributed by atoms with Gasteiger partial charge in [0.05, 0.1) is 0 Å². The normalized spacial score (nSPS) is 11.8. The van der Waals surface area contributed by atoms with Gasteiger partial charge >= 0.3 is 11.9 Å². The zero-order valence-electron chi connectivity index (χ0n) is 5.90. The monoisotopic (exact) mass is 160 g/mol. The molecule has 0 aromatic rings. The minimum Gasteiger partial charge on any atom is -0.477 e. The van der Waals surface area contributed by atoms with Crippen LogP contribution in [0.2, 0.25) is 0 Å². The highest BCUT2D eigenvalue weighted by Gasteiger charge is 2.18. The summed E-state index contributed by atoms with van der Waals surface area (Å²) >= 11 is 0. The van der Waals surface area contributed by atoms with Gasteiger partial charge in [-0.05, 0) is 6.92 Å². The van der Waals surface area contributed by atoms with Gasteiger partial charge in [0.15, 0.2) is 0 Å². The highest BCUT2D eigenvalue weighted by Crippen LogP contribution is 1.95. The van der Waals surface area contributed by atoms with Crippen molar-refractivity contribution in [2.24, 2.45) is 0 Å². The van der Waals surface area contributed by atoms with E-state index in [-0.39, 0.29) is 5.57 Å². The third-order valence-corrected chi connectivity index (χ3v) is 0.778. The molecule has 0 spiro atoms. The second kappa shape index (κ2) is 3.72. The van der Waals surface area contributed by atoms with Crippen LogP contribution in [0.3, 0.4) is 0 Å². The zero-order chi connectivity index (χ0) is 9.02. The van der Waals surface area contributed by atoms with Crippen LogP contribution in [0.4, 0.5) is 0 Å². The summed E-state index contributed by atoms with van der Waals surface area (Å²) in [4.78, 5) is 20.4. The van der Waals surface area contributed by atoms with E-state index in [2.05, 4.69) is 11.3 Å². The van der Waals surface area contributed by atoms with Gasteiger partial charge in [-0.1, -0.05) is 6.58 Å². The zero-order valence-corrected chi connectivity index (χ0v) is 5.90. The number of carboxylic acid groups (broad SMARTS) is 1. The number of hydrogen-bond donors (Lipinski definition) is 2. The third kappa shape index (κ3) is 3.36. The molecule has 1 unspecified atom stereocenters. The van der Waals surface area contributed by atoms with Crippen LogP contribution in [0.15, 0.2) is 12.2 Å². The van der Waals surface area contributed by atoms with Gasteiger partial charge in [-0.25, -0.2) is 9.59 Å². The Balaban J connectivity index is 3.95. The number of carbonyl (C=O) groups excluding carboxylic acids is 1. The fraction of sp³-hybridized carbons (Fsp3) is 0.333. The molecule has 62 valence electrons. The Bertz CT molecular complexity index is 195. The third-order valence-electron chi connectivity index (χ3n) is 0.778. The molecule has 0 saturated heterocycles. The van der Waals surface area contributed by atoms with E-state index in [1.165, 1.54) is 6.92 Å². The Kier molecular flexibility index (Phi) is 3.26. The number of esters is 1. The molecule has 0 saturated carbocycles. The van der Waals surface area contributed by atoms with E-state index in [4.69, 9.17) is 10.2 Å². The minimum absolute atomic E-state index is 0.0327. The number of hydrogen-bond acceptors (Lipinski definition) is 4. The molecule has 0 fully saturated rings. The Morgan fingerprint density at radius 2 is 2.00 bits per heavy atom. The first-order chi connectivity index (χ1) is 4.95. The summed E-state index contributed by atoms with van der Waals surface area (Å²) in [5.41, 5.74) is 0.0327. The Labute approximate surface area is 62.9 Å². The van der Waals surface area contributed by atoms with Crippen molar-refractivity contribution in [2.45, 2.75) is 13.2 Å². The topological polar surface area (TPSA) is 83.8 Å². The first kappa shape index (κ1) is 9.64. The maximum absolute atomic E-state index is 10.5. The number of carbonyl (C=O) groups is 2. The van der Waals surface area contributed by atoms with Gasteiger partial charge < -0.3 is 14.9 Å². The number of aliphatic carboxylic acids is 1. The van der Waals surface area contributed by atoms with Crippen molar-refractivity contribution in [3.8, 4) is 0 Å². The second-order valence-corrected chi connectivity index (χ2v) is 1.88. The Morgan fingerprint density at radius 1 is 1.55 bits per heavy atom. The number of aliphatic hydroxyl groups excluding tert-OH is 1. The average molecular weight is 160 g/mol. The first-order valence-corrected chi connectivity index (χ1v) is 2.72. The van der Waals surface area contributed by atoms with Crippen LogP contribution in [0.25, 0.3) is 0 Å². The van der Waals surface area contributed by atoms with Gasteiger partial charge in [-0.2, -0.15) is 0 Å². The molecule has 0 bridgehead atoms. The molecule has 0 amide bonds. The molecular formula is C6H8O5. The Hall–Kier alpha value is -1.36. The molecule has 0 aliphatic rings. The molecule has 2 N–H and O–H groups in total. The van der Waals surface area contributed by atoms with Crippen molar-refractivity contribution in [3.63, 3.8) is 0 Å². The lowest BCUT2D eigenvalue weighted by Gasteiger charge is -2.05. The molecule has 0 aromatic carbocycles. The summed E-state index contributed by atoms with van der Waals surface area (Å²) in [7, 11) is 0. The van der Waals surface area contributed by atoms with Gasteiger partial charge in [0.1, 0.15) is 0 Å². The maximum Gasteiger partial charge on any atom is 0.373 e. The maximum atomic E-state index is 10.5. The number of aliphatic hydroxyl groups is 1. The minimum atomic E-state index is -2.11. The molecule has 5 nitrogen and oxygen atoms in total. The summed E-state index contributed by atoms with van der Waals surface area (Å²) < 4.78 is 3.99. The van der Waals surface area contributed by atoms with Crippen LogP contribution in [-0.2, 0) is 14.3 Å². The SMILES string of the molecule is C=C(C)C(=O)OC(O)C(=O)O. The molecule has 0 aromatic heterocycles. The fourth-order valence-electron chi connectivity index (χ4n) is 0.252. The highest BCUT2D eigenvalue weighted by atomic mass is 16.7. The molecular weight excluding hydrogens is 152 g/mol. The molecule has 0 radical (unpaired) electrons. The number of rotatable bonds is 3. The summed E-state index contributed by atoms with van der Waals surface area (Å²) in [6.45, 7) is 4.53. The van der Waals surface area contributed by atoms with Crippen molar-refractivity contribution in [1.29, 1.82) is 0 Å². The van der Waals surface area contributed by atoms with E-state index in [1.807, 2.05) is 0 Å². The van der Waals surface area contributed by atoms with Gasteiger partial charge in [0.2, 0.25) is 0 Å². The van der Waals surface area contributed by atoms with Crippen LogP contribution in [0.1, 0.15) is 6.92 Å². The molecule has 11 heavy (non-hydrogen) atoms. The number of ether oxygens (including phenoxy) is 1. The largest absolute Gasteiger partial charge is 0.477 e. The van der Waals surface area contributed by atoms with E-state index in [0.717, 1.165) is 0 Å². The van der Waals surface area contributed by atoms with Gasteiger partial charge in [-0.3, -0.25) is 0 Å². The van der Waals surface area contributed by atoms with E-state index in [1.54, 1.807) is 0 Å². The second-order valence-electron chi connectivity index (χ2n) is 1.88. The predicted molar refractivity (Wildman–Crippen MR) is 34.5 cm³/mol. The van der Waals surface area contributed by atoms with Gasteiger partial charge in [-0.15, -0.1) is 0 Å². The lowest BCUT2D eigenvalue weighted by atomic mass is 10.4. The van der Waals surface area contributed by atoms with Crippen molar-refractivity contribution in [2.75, 3.05) is 0 Å². The summed E-state index contributed by atoms with van der Waals surface area (Å²) in [5, 5.41) is 16.5. The summed E-state index contributed by atoms with van der Waals surface area (Å²) in [6, 6.07) is 0. The molecule has 0 rings (SSSR count). The van der Waals surface area contributed by atoms with Crippen molar-refractivity contribution >= 4 is 11.9 Å². The van der Waals surface area contributed by atoms with Crippen LogP contribution in [0, 0.1) is 0 Å². The van der Waals surface area contributed by atoms with Gasteiger partial charge in [0, 0.05) is 5.57 Å². The van der Waals surface area contributed by atoms with E-state index in [0.29, 0.717) is 0 Å². The molecule has 1 atom stereocenters. The quantitative estimate of drug-likeness (QED) is 0.330. The van der Waals surface area contributed by atoms with Crippen molar-refractivity contribution < 1.29 is 24.5 Å². The lowest BCUT2D eigenvalue weighted by molar-refractivity contribution is -0.184. The first-order valence-electron chi connectivity index (χ1n) is 2.72. The molecule has 0 heterocycles. The van der Waals surface area contributed by atoms with E-state index < -0.39 is 18.2 Å². The standard InChI is InChI=1S/C6H8O5/c1-3(2)5(9)11-6(10)4(7)8/h6,10H,1H2,2H3,(H,7,8). The molecule has 0 aliphatic heterocycles. The highest BCUT2D eigenvalue weighted by molar-refractivity contribution is 5.88. The number of carboxylic acids is 1.